The Morgan fingerprint density at radius 2 is 1.90 bits per heavy atom. The van der Waals surface area contributed by atoms with Crippen molar-refractivity contribution in [1.82, 2.24) is 4.90 Å². The number of hydrogen-bond acceptors (Lipinski definition) is 4. The summed E-state index contributed by atoms with van der Waals surface area (Å²) in [6, 6.07) is 0.323. The third-order valence-electron chi connectivity index (χ3n) is 4.22. The Labute approximate surface area is 125 Å². The van der Waals surface area contributed by atoms with Crippen molar-refractivity contribution in [2.75, 3.05) is 5.75 Å². The van der Waals surface area contributed by atoms with Crippen molar-refractivity contribution in [3.63, 3.8) is 0 Å². The fraction of sp³-hybridized carbons (Fsp3) is 0.867. The highest BCUT2D eigenvalue weighted by molar-refractivity contribution is 8.00. The second-order valence-corrected chi connectivity index (χ2v) is 7.39. The van der Waals surface area contributed by atoms with Crippen LogP contribution in [0.3, 0.4) is 0 Å². The molecule has 114 valence electrons. The van der Waals surface area contributed by atoms with Crippen LogP contribution in [0, 0.1) is 0 Å². The lowest BCUT2D eigenvalue weighted by molar-refractivity contribution is -0.141. The first-order valence-electron chi connectivity index (χ1n) is 7.82. The van der Waals surface area contributed by atoms with Gasteiger partial charge in [0, 0.05) is 18.5 Å². The minimum atomic E-state index is -0.162. The van der Waals surface area contributed by atoms with E-state index < -0.39 is 0 Å². The second kappa shape index (κ2) is 7.46. The molecule has 2 N–H and O–H groups in total. The molecular formula is C15H26N2O2S. The Balaban J connectivity index is 1.90. The minimum absolute atomic E-state index is 0.0418. The second-order valence-electron chi connectivity index (χ2n) is 6.08. The van der Waals surface area contributed by atoms with Gasteiger partial charge in [0.15, 0.2) is 0 Å². The molecule has 0 spiro atoms. The minimum Gasteiger partial charge on any atom is -0.328 e. The van der Waals surface area contributed by atoms with Gasteiger partial charge in [-0.1, -0.05) is 25.7 Å². The summed E-state index contributed by atoms with van der Waals surface area (Å²) in [6.45, 7) is 1.97. The van der Waals surface area contributed by atoms with E-state index in [1.54, 1.807) is 16.7 Å². The van der Waals surface area contributed by atoms with Crippen molar-refractivity contribution in [3.8, 4) is 0 Å². The molecule has 1 saturated heterocycles. The van der Waals surface area contributed by atoms with Gasteiger partial charge >= 0.3 is 0 Å². The van der Waals surface area contributed by atoms with Crippen molar-refractivity contribution in [2.24, 2.45) is 5.73 Å². The van der Waals surface area contributed by atoms with Crippen molar-refractivity contribution >= 4 is 23.6 Å². The number of thioether (sulfide) groups is 1. The zero-order valence-electron chi connectivity index (χ0n) is 12.3. The van der Waals surface area contributed by atoms with E-state index in [0.717, 1.165) is 37.9 Å². The van der Waals surface area contributed by atoms with E-state index in [1.807, 2.05) is 6.92 Å². The number of amides is 2. The zero-order chi connectivity index (χ0) is 14.5. The topological polar surface area (TPSA) is 63.4 Å². The molecule has 1 heterocycles. The maximum atomic E-state index is 12.5. The molecule has 2 amide bonds. The van der Waals surface area contributed by atoms with Crippen LogP contribution in [0.25, 0.3) is 0 Å². The average molecular weight is 298 g/mol. The average Bonchev–Trinajstić information content (AvgIpc) is 2.60. The lowest BCUT2D eigenvalue weighted by Crippen LogP contribution is -2.40. The number of carbonyl (C=O) groups excluding carboxylic acids is 2. The van der Waals surface area contributed by atoms with Crippen LogP contribution in [0.4, 0.5) is 0 Å². The van der Waals surface area contributed by atoms with Crippen LogP contribution in [-0.2, 0) is 9.59 Å². The lowest BCUT2D eigenvalue weighted by atomic mass is 10.1. The fourth-order valence-corrected chi connectivity index (χ4v) is 4.36. The molecule has 0 aromatic carbocycles. The first-order valence-corrected chi connectivity index (χ1v) is 8.87. The normalized spacial score (nSPS) is 26.9. The predicted octanol–water partition coefficient (Wildman–Crippen LogP) is 2.31. The molecular weight excluding hydrogens is 272 g/mol. The largest absolute Gasteiger partial charge is 0.328 e. The van der Waals surface area contributed by atoms with Crippen LogP contribution in [0.1, 0.15) is 58.3 Å². The standard InChI is InChI=1S/C15H26N2O2S/c1-11(16)8-9-20-13-10-14(18)17(15(13)19)12-6-4-2-3-5-7-12/h11-13H,2-10,16H2,1H3. The molecule has 2 unspecified atom stereocenters. The zero-order valence-corrected chi connectivity index (χ0v) is 13.2. The number of imide groups is 1. The van der Waals surface area contributed by atoms with Gasteiger partial charge in [0.1, 0.15) is 0 Å². The maximum Gasteiger partial charge on any atom is 0.243 e. The summed E-state index contributed by atoms with van der Waals surface area (Å²) in [7, 11) is 0. The van der Waals surface area contributed by atoms with E-state index in [4.69, 9.17) is 5.73 Å². The van der Waals surface area contributed by atoms with E-state index in [9.17, 15) is 9.59 Å². The molecule has 1 aliphatic heterocycles. The van der Waals surface area contributed by atoms with Crippen LogP contribution in [-0.4, -0.2) is 39.8 Å². The summed E-state index contributed by atoms with van der Waals surface area (Å²) < 4.78 is 0. The summed E-state index contributed by atoms with van der Waals surface area (Å²) >= 11 is 1.61. The molecule has 0 radical (unpaired) electrons. The Kier molecular flexibility index (Phi) is 5.90. The number of hydrogen-bond donors (Lipinski definition) is 1. The Bertz CT molecular complexity index is 352. The van der Waals surface area contributed by atoms with E-state index in [2.05, 4.69) is 0 Å². The summed E-state index contributed by atoms with van der Waals surface area (Å²) in [5, 5.41) is -0.162. The molecule has 5 heteroatoms. The van der Waals surface area contributed by atoms with Gasteiger partial charge in [-0.2, -0.15) is 0 Å². The predicted molar refractivity (Wildman–Crippen MR) is 82.5 cm³/mol. The molecule has 0 aromatic rings. The summed E-state index contributed by atoms with van der Waals surface area (Å²) in [5.74, 6) is 0.955. The summed E-state index contributed by atoms with van der Waals surface area (Å²) in [4.78, 5) is 26.2. The van der Waals surface area contributed by atoms with Crippen molar-refractivity contribution in [1.29, 1.82) is 0 Å². The first-order chi connectivity index (χ1) is 9.59. The highest BCUT2D eigenvalue weighted by Crippen LogP contribution is 2.31. The van der Waals surface area contributed by atoms with Crippen LogP contribution in [0.5, 0.6) is 0 Å². The van der Waals surface area contributed by atoms with Gasteiger partial charge in [0.25, 0.3) is 0 Å². The lowest BCUT2D eigenvalue weighted by Gasteiger charge is -2.25. The maximum absolute atomic E-state index is 12.5. The van der Waals surface area contributed by atoms with E-state index in [-0.39, 0.29) is 29.1 Å². The monoisotopic (exact) mass is 298 g/mol. The first kappa shape index (κ1) is 15.8. The summed E-state index contributed by atoms with van der Waals surface area (Å²) in [5.41, 5.74) is 5.73. The number of likely N-dealkylation sites (tertiary alicyclic amines) is 1. The van der Waals surface area contributed by atoms with Crippen molar-refractivity contribution < 1.29 is 9.59 Å². The highest BCUT2D eigenvalue weighted by atomic mass is 32.2. The number of nitrogens with two attached hydrogens (primary N) is 1. The van der Waals surface area contributed by atoms with Gasteiger partial charge in [-0.3, -0.25) is 14.5 Å². The third kappa shape index (κ3) is 3.98. The van der Waals surface area contributed by atoms with Gasteiger partial charge in [-0.25, -0.2) is 0 Å². The number of nitrogens with zero attached hydrogens (tertiary/aromatic N) is 1. The molecule has 20 heavy (non-hydrogen) atoms. The molecule has 1 aliphatic carbocycles. The van der Waals surface area contributed by atoms with Crippen LogP contribution >= 0.6 is 11.8 Å². The van der Waals surface area contributed by atoms with Crippen LogP contribution in [0.15, 0.2) is 0 Å². The Morgan fingerprint density at radius 1 is 1.25 bits per heavy atom. The third-order valence-corrected chi connectivity index (χ3v) is 5.47. The van der Waals surface area contributed by atoms with Crippen LogP contribution < -0.4 is 5.73 Å². The number of carbonyl (C=O) groups is 2. The Morgan fingerprint density at radius 3 is 2.50 bits per heavy atom. The van der Waals surface area contributed by atoms with Gasteiger partial charge in [0.05, 0.1) is 5.25 Å². The molecule has 2 rings (SSSR count). The van der Waals surface area contributed by atoms with Gasteiger partial charge < -0.3 is 5.73 Å². The van der Waals surface area contributed by atoms with E-state index in [1.165, 1.54) is 12.8 Å². The molecule has 2 fully saturated rings. The molecule has 2 aliphatic rings. The van der Waals surface area contributed by atoms with Gasteiger partial charge in [-0.15, -0.1) is 11.8 Å². The molecule has 0 bridgehead atoms. The molecule has 0 aromatic heterocycles. The molecule has 2 atom stereocenters. The van der Waals surface area contributed by atoms with Crippen molar-refractivity contribution in [3.05, 3.63) is 0 Å². The van der Waals surface area contributed by atoms with Gasteiger partial charge in [0.2, 0.25) is 11.8 Å². The molecule has 4 nitrogen and oxygen atoms in total. The quantitative estimate of drug-likeness (QED) is 0.625. The van der Waals surface area contributed by atoms with E-state index >= 15 is 0 Å². The SMILES string of the molecule is CC(N)CCSC1CC(=O)N(C2CCCCCC2)C1=O. The Hall–Kier alpha value is -0.550. The van der Waals surface area contributed by atoms with Crippen LogP contribution in [0.2, 0.25) is 0 Å². The highest BCUT2D eigenvalue weighted by Gasteiger charge is 2.42. The number of rotatable bonds is 5. The van der Waals surface area contributed by atoms with Crippen molar-refractivity contribution in [2.45, 2.75) is 75.6 Å². The fourth-order valence-electron chi connectivity index (χ4n) is 3.05. The molecule has 1 saturated carbocycles. The summed E-state index contributed by atoms with van der Waals surface area (Å²) in [6.07, 6.45) is 8.03. The van der Waals surface area contributed by atoms with E-state index in [0.29, 0.717) is 6.42 Å². The smallest absolute Gasteiger partial charge is 0.243 e. The van der Waals surface area contributed by atoms with Gasteiger partial charge in [-0.05, 0) is 31.9 Å².